The van der Waals surface area contributed by atoms with Crippen LogP contribution in [0.4, 0.5) is 0 Å². The molecular weight excluding hydrogens is 598 g/mol. The van der Waals surface area contributed by atoms with Crippen LogP contribution in [-0.4, -0.2) is 33.8 Å². The van der Waals surface area contributed by atoms with Crippen LogP contribution >= 0.6 is 5.66 Å². The van der Waals surface area contributed by atoms with Gasteiger partial charge in [0.1, 0.15) is 0 Å². The molecule has 9 aromatic rings. The second kappa shape index (κ2) is 8.98. The molecule has 1 atom stereocenters. The zero-order valence-electron chi connectivity index (χ0n) is 22.4. The number of pyridine rings is 2. The molecule has 9 rings (SSSR count). The Balaban J connectivity index is 1.56. The maximum atomic E-state index is 5.31. The summed E-state index contributed by atoms with van der Waals surface area (Å²) in [5.41, 5.74) is 4.24. The Morgan fingerprint density at radius 3 is 1.76 bits per heavy atom. The van der Waals surface area contributed by atoms with Gasteiger partial charge in [0.15, 0.2) is 0 Å². The van der Waals surface area contributed by atoms with Gasteiger partial charge in [-0.15, -0.1) is 0 Å². The van der Waals surface area contributed by atoms with E-state index in [1.54, 1.807) is 0 Å². The average Bonchev–Trinajstić information content (AvgIpc) is 3.62. The van der Waals surface area contributed by atoms with Gasteiger partial charge in [0.05, 0.1) is 0 Å². The summed E-state index contributed by atoms with van der Waals surface area (Å²) in [6.07, 6.45) is 3.82. The molecule has 6 heteroatoms. The average molecular weight is 622 g/mol. The van der Waals surface area contributed by atoms with Crippen LogP contribution < -0.4 is 10.6 Å². The molecule has 0 saturated carbocycles. The monoisotopic (exact) mass is 622 g/mol. The SMILES string of the molecule is [Se]=P(c1ccncc1)(c1cccc2c3ccccc3n3c4ccccc4nc3c12)n1c2ccccc2c2ccccc21. The molecule has 0 saturated heterocycles. The van der Waals surface area contributed by atoms with E-state index in [0.29, 0.717) is 0 Å². The second-order valence-electron chi connectivity index (χ2n) is 10.6. The fourth-order valence-corrected chi connectivity index (χ4v) is 12.6. The van der Waals surface area contributed by atoms with E-state index in [0.717, 1.165) is 22.2 Å². The molecule has 4 nitrogen and oxygen atoms in total. The number of nitrogens with zero attached hydrogens (tertiary/aromatic N) is 4. The Labute approximate surface area is 249 Å². The van der Waals surface area contributed by atoms with E-state index in [9.17, 15) is 0 Å². The molecule has 4 aromatic heterocycles. The van der Waals surface area contributed by atoms with Gasteiger partial charge < -0.3 is 0 Å². The van der Waals surface area contributed by atoms with Crippen LogP contribution in [0.2, 0.25) is 0 Å². The second-order valence-corrected chi connectivity index (χ2v) is 16.5. The van der Waals surface area contributed by atoms with Crippen molar-refractivity contribution in [2.45, 2.75) is 0 Å². The number of rotatable bonds is 3. The first-order chi connectivity index (χ1) is 20.7. The van der Waals surface area contributed by atoms with E-state index in [-0.39, 0.29) is 0 Å². The molecule has 0 N–H and O–H groups in total. The zero-order chi connectivity index (χ0) is 27.8. The van der Waals surface area contributed by atoms with Crippen LogP contribution in [0.25, 0.3) is 60.2 Å². The van der Waals surface area contributed by atoms with Gasteiger partial charge in [-0.25, -0.2) is 0 Å². The number of fused-ring (bicyclic) bond motifs is 11. The summed E-state index contributed by atoms with van der Waals surface area (Å²) in [7, 11) is 0. The van der Waals surface area contributed by atoms with Gasteiger partial charge in [-0.1, -0.05) is 0 Å². The van der Waals surface area contributed by atoms with E-state index < -0.39 is 5.66 Å². The third kappa shape index (κ3) is 3.16. The molecule has 4 heterocycles. The first-order valence-corrected chi connectivity index (χ1v) is 17.9. The predicted octanol–water partition coefficient (Wildman–Crippen LogP) is 7.81. The number of imidazole rings is 1. The minimum atomic E-state index is -2.44. The van der Waals surface area contributed by atoms with E-state index in [1.807, 2.05) is 12.4 Å². The molecule has 0 bridgehead atoms. The molecule has 0 amide bonds. The van der Waals surface area contributed by atoms with Crippen LogP contribution in [0.5, 0.6) is 0 Å². The van der Waals surface area contributed by atoms with E-state index in [2.05, 4.69) is 156 Å². The Hall–Kier alpha value is -4.53. The van der Waals surface area contributed by atoms with Gasteiger partial charge >= 0.3 is 250 Å². The Kier molecular flexibility index (Phi) is 5.16. The summed E-state index contributed by atoms with van der Waals surface area (Å²) in [6, 6.07) is 45.8. The fraction of sp³-hybridized carbons (Fsp3) is 0. The first-order valence-electron chi connectivity index (χ1n) is 14.0. The third-order valence-electron chi connectivity index (χ3n) is 8.44. The Bertz CT molecular complexity index is 2510. The van der Waals surface area contributed by atoms with Gasteiger partial charge in [0.2, 0.25) is 0 Å². The molecule has 42 heavy (non-hydrogen) atoms. The van der Waals surface area contributed by atoms with E-state index in [1.165, 1.54) is 48.6 Å². The summed E-state index contributed by atoms with van der Waals surface area (Å²) in [4.78, 5) is 9.73. The van der Waals surface area contributed by atoms with Gasteiger partial charge in [0.25, 0.3) is 0 Å². The number of benzene rings is 5. The van der Waals surface area contributed by atoms with E-state index in [4.69, 9.17) is 4.98 Å². The van der Waals surface area contributed by atoms with Gasteiger partial charge in [-0.2, -0.15) is 0 Å². The Morgan fingerprint density at radius 2 is 1.07 bits per heavy atom. The third-order valence-corrected chi connectivity index (χ3v) is 15.0. The number of para-hydroxylation sites is 5. The number of aromatic nitrogens is 4. The van der Waals surface area contributed by atoms with Gasteiger partial charge in [-0.3, -0.25) is 0 Å². The van der Waals surface area contributed by atoms with Crippen molar-refractivity contribution in [1.29, 1.82) is 0 Å². The molecule has 0 spiro atoms. The molecule has 0 aliphatic carbocycles. The van der Waals surface area contributed by atoms with Crippen LogP contribution in [0.1, 0.15) is 0 Å². The standard InChI is InChI=1S/C36H23N4PSe/c42-41(24-20-22-37-23-21-24,40-31-16-6-2-10-25(31)26-11-3-7-17-32(26)40)34-19-9-13-28-27-12-1-5-15-30(27)39-33-18-8-4-14-29(33)38-36(39)35(28)34/h1-23H. The van der Waals surface area contributed by atoms with Crippen molar-refractivity contribution in [2.24, 2.45) is 0 Å². The first kappa shape index (κ1) is 24.1. The summed E-state index contributed by atoms with van der Waals surface area (Å²) >= 11 is 3.86. The van der Waals surface area contributed by atoms with Crippen LogP contribution in [0.3, 0.4) is 0 Å². The summed E-state index contributed by atoms with van der Waals surface area (Å²) in [6.45, 7) is 0. The molecule has 0 radical (unpaired) electrons. The molecular formula is C36H23N4PSe. The summed E-state index contributed by atoms with van der Waals surface area (Å²) < 4.78 is 4.93. The number of hydrogen-bond donors (Lipinski definition) is 0. The van der Waals surface area contributed by atoms with Crippen molar-refractivity contribution in [3.05, 3.63) is 140 Å². The molecule has 5 aromatic carbocycles. The van der Waals surface area contributed by atoms with Crippen molar-refractivity contribution in [1.82, 2.24) is 18.7 Å². The fourth-order valence-electron chi connectivity index (χ4n) is 6.70. The normalized spacial score (nSPS) is 13.5. The van der Waals surface area contributed by atoms with Crippen molar-refractivity contribution < 1.29 is 0 Å². The molecule has 0 aliphatic rings. The Morgan fingerprint density at radius 1 is 0.524 bits per heavy atom. The summed E-state index contributed by atoms with van der Waals surface area (Å²) in [5, 5.41) is 8.59. The van der Waals surface area contributed by atoms with Crippen molar-refractivity contribution in [3.8, 4) is 0 Å². The van der Waals surface area contributed by atoms with E-state index >= 15 is 0 Å². The molecule has 1 unspecified atom stereocenters. The van der Waals surface area contributed by atoms with Gasteiger partial charge in [-0.05, 0) is 0 Å². The van der Waals surface area contributed by atoms with Crippen molar-refractivity contribution in [3.63, 3.8) is 0 Å². The zero-order valence-corrected chi connectivity index (χ0v) is 25.0. The van der Waals surface area contributed by atoms with Crippen molar-refractivity contribution >= 4 is 91.5 Å². The van der Waals surface area contributed by atoms with Crippen molar-refractivity contribution in [2.75, 3.05) is 0 Å². The molecule has 198 valence electrons. The minimum absolute atomic E-state index is 0.981. The number of hydrogen-bond acceptors (Lipinski definition) is 2. The van der Waals surface area contributed by atoms with Gasteiger partial charge in [0, 0.05) is 0 Å². The quantitative estimate of drug-likeness (QED) is 0.115. The summed E-state index contributed by atoms with van der Waals surface area (Å²) in [5.74, 6) is 0. The molecule has 0 aliphatic heterocycles. The predicted molar refractivity (Wildman–Crippen MR) is 179 cm³/mol. The maximum absolute atomic E-state index is 5.31. The van der Waals surface area contributed by atoms with Crippen LogP contribution in [0.15, 0.2) is 140 Å². The van der Waals surface area contributed by atoms with Crippen LogP contribution in [0, 0.1) is 0 Å². The topological polar surface area (TPSA) is 35.1 Å². The molecule has 0 fully saturated rings. The van der Waals surface area contributed by atoms with Crippen LogP contribution in [-0.2, 0) is 0 Å².